The quantitative estimate of drug-likeness (QED) is 0.417. The van der Waals surface area contributed by atoms with Gasteiger partial charge < -0.3 is 19.9 Å². The van der Waals surface area contributed by atoms with Gasteiger partial charge in [0.2, 0.25) is 23.5 Å². The number of anilines is 1. The first-order chi connectivity index (χ1) is 15.5. The van der Waals surface area contributed by atoms with E-state index in [1.165, 1.54) is 0 Å². The van der Waals surface area contributed by atoms with Crippen LogP contribution in [0.25, 0.3) is 11.4 Å². The molecule has 0 atom stereocenters. The van der Waals surface area contributed by atoms with Crippen molar-refractivity contribution in [3.8, 4) is 17.1 Å². The molecule has 0 radical (unpaired) electrons. The van der Waals surface area contributed by atoms with Crippen molar-refractivity contribution in [3.05, 3.63) is 59.4 Å². The van der Waals surface area contributed by atoms with Gasteiger partial charge in [-0.25, -0.2) is 0 Å². The highest BCUT2D eigenvalue weighted by atomic mass is 35.5. The zero-order valence-corrected chi connectivity index (χ0v) is 18.5. The second-order valence-corrected chi connectivity index (χ2v) is 7.41. The van der Waals surface area contributed by atoms with E-state index < -0.39 is 0 Å². The minimum Gasteiger partial charge on any atom is -0.494 e. The van der Waals surface area contributed by atoms with Gasteiger partial charge in [0.05, 0.1) is 6.61 Å². The van der Waals surface area contributed by atoms with Crippen molar-refractivity contribution < 1.29 is 18.8 Å². The van der Waals surface area contributed by atoms with Crippen molar-refractivity contribution in [3.63, 3.8) is 0 Å². The summed E-state index contributed by atoms with van der Waals surface area (Å²) < 4.78 is 10.7. The molecule has 0 aliphatic rings. The van der Waals surface area contributed by atoms with Crippen LogP contribution < -0.4 is 15.4 Å². The number of carbonyl (C=O) groups excluding carboxylic acids is 2. The first kappa shape index (κ1) is 23.3. The Hall–Kier alpha value is -3.39. The fourth-order valence-corrected chi connectivity index (χ4v) is 3.01. The standard InChI is InChI=1S/C23H25ClN4O4/c1-2-31-19-11-5-16(6-12-19)23-27-22(32-28-23)14-13-20(29)25-15-3-4-21(30)26-18-9-7-17(24)8-10-18/h5-12H,2-4,13-15H2,1H3,(H,25,29)(H,26,30). The van der Waals surface area contributed by atoms with Gasteiger partial charge in [-0.1, -0.05) is 16.8 Å². The lowest BCUT2D eigenvalue weighted by atomic mass is 10.2. The van der Waals surface area contributed by atoms with Gasteiger partial charge in [-0.2, -0.15) is 4.98 Å². The van der Waals surface area contributed by atoms with Crippen LogP contribution in [-0.4, -0.2) is 35.1 Å². The van der Waals surface area contributed by atoms with E-state index >= 15 is 0 Å². The van der Waals surface area contributed by atoms with Crippen LogP contribution in [0.15, 0.2) is 53.1 Å². The number of nitrogens with one attached hydrogen (secondary N) is 2. The summed E-state index contributed by atoms with van der Waals surface area (Å²) in [6, 6.07) is 14.3. The molecule has 0 aliphatic heterocycles. The van der Waals surface area contributed by atoms with E-state index in [1.54, 1.807) is 24.3 Å². The molecule has 168 valence electrons. The Morgan fingerprint density at radius 2 is 1.78 bits per heavy atom. The number of halogens is 1. The molecule has 0 spiro atoms. The molecule has 1 aromatic heterocycles. The number of carbonyl (C=O) groups is 2. The Morgan fingerprint density at radius 3 is 2.50 bits per heavy atom. The molecule has 0 fully saturated rings. The first-order valence-electron chi connectivity index (χ1n) is 10.4. The van der Waals surface area contributed by atoms with Crippen LogP contribution in [0.1, 0.15) is 32.1 Å². The summed E-state index contributed by atoms with van der Waals surface area (Å²) in [4.78, 5) is 28.3. The Labute approximate surface area is 191 Å². The molecule has 2 amide bonds. The lowest BCUT2D eigenvalue weighted by Crippen LogP contribution is -2.25. The molecule has 2 aromatic carbocycles. The average molecular weight is 457 g/mol. The second-order valence-electron chi connectivity index (χ2n) is 6.98. The number of benzene rings is 2. The van der Waals surface area contributed by atoms with Gasteiger partial charge >= 0.3 is 0 Å². The van der Waals surface area contributed by atoms with Crippen LogP contribution in [0.4, 0.5) is 5.69 Å². The maximum absolute atomic E-state index is 12.0. The Bertz CT molecular complexity index is 1020. The molecule has 3 aromatic rings. The monoisotopic (exact) mass is 456 g/mol. The number of aryl methyl sites for hydroxylation is 1. The van der Waals surface area contributed by atoms with Gasteiger partial charge in [-0.15, -0.1) is 0 Å². The fourth-order valence-electron chi connectivity index (χ4n) is 2.88. The van der Waals surface area contributed by atoms with Crippen LogP contribution in [0.5, 0.6) is 5.75 Å². The van der Waals surface area contributed by atoms with E-state index in [-0.39, 0.29) is 18.2 Å². The summed E-state index contributed by atoms with van der Waals surface area (Å²) in [7, 11) is 0. The summed E-state index contributed by atoms with van der Waals surface area (Å²) in [5.74, 6) is 1.39. The highest BCUT2D eigenvalue weighted by Crippen LogP contribution is 2.20. The third-order valence-corrected chi connectivity index (χ3v) is 4.74. The number of hydrogen-bond acceptors (Lipinski definition) is 6. The lowest BCUT2D eigenvalue weighted by Gasteiger charge is -2.06. The molecule has 3 rings (SSSR count). The molecule has 0 unspecified atom stereocenters. The number of rotatable bonds is 11. The fraction of sp³-hybridized carbons (Fsp3) is 0.304. The number of aromatic nitrogens is 2. The molecule has 0 saturated heterocycles. The SMILES string of the molecule is CCOc1ccc(-c2noc(CCC(=O)NCCCC(=O)Nc3ccc(Cl)cc3)n2)cc1. The van der Waals surface area contributed by atoms with Crippen molar-refractivity contribution in [1.82, 2.24) is 15.5 Å². The van der Waals surface area contributed by atoms with Crippen LogP contribution >= 0.6 is 11.6 Å². The Kier molecular flexibility index (Phi) is 8.62. The molecule has 0 saturated carbocycles. The van der Waals surface area contributed by atoms with Crippen molar-refractivity contribution in [2.24, 2.45) is 0 Å². The van der Waals surface area contributed by atoms with Gasteiger partial charge in [0.15, 0.2) is 0 Å². The maximum Gasteiger partial charge on any atom is 0.227 e. The molecule has 1 heterocycles. The zero-order valence-electron chi connectivity index (χ0n) is 17.8. The Morgan fingerprint density at radius 1 is 1.03 bits per heavy atom. The summed E-state index contributed by atoms with van der Waals surface area (Å²) in [5.41, 5.74) is 1.50. The third kappa shape index (κ3) is 7.39. The molecule has 8 nitrogen and oxygen atoms in total. The van der Waals surface area contributed by atoms with E-state index in [1.807, 2.05) is 31.2 Å². The van der Waals surface area contributed by atoms with Gasteiger partial charge in [0.25, 0.3) is 0 Å². The van der Waals surface area contributed by atoms with E-state index in [2.05, 4.69) is 20.8 Å². The Balaban J connectivity index is 1.33. The van der Waals surface area contributed by atoms with Crippen molar-refractivity contribution in [1.29, 1.82) is 0 Å². The van der Waals surface area contributed by atoms with E-state index in [0.29, 0.717) is 54.8 Å². The summed E-state index contributed by atoms with van der Waals surface area (Å²) in [6.07, 6.45) is 1.40. The van der Waals surface area contributed by atoms with Crippen molar-refractivity contribution >= 4 is 29.1 Å². The minimum atomic E-state index is -0.135. The molecule has 9 heteroatoms. The second kappa shape index (κ2) is 11.9. The van der Waals surface area contributed by atoms with Crippen LogP contribution in [0.3, 0.4) is 0 Å². The smallest absolute Gasteiger partial charge is 0.227 e. The third-order valence-electron chi connectivity index (χ3n) is 4.49. The molecule has 32 heavy (non-hydrogen) atoms. The van der Waals surface area contributed by atoms with Gasteiger partial charge in [-0.05, 0) is 61.9 Å². The maximum atomic E-state index is 12.0. The molecule has 2 N–H and O–H groups in total. The summed E-state index contributed by atoms with van der Waals surface area (Å²) >= 11 is 5.82. The number of hydrogen-bond donors (Lipinski definition) is 2. The number of ether oxygens (including phenoxy) is 1. The normalized spacial score (nSPS) is 10.6. The van der Waals surface area contributed by atoms with E-state index in [4.69, 9.17) is 20.9 Å². The molecule has 0 aliphatic carbocycles. The average Bonchev–Trinajstić information content (AvgIpc) is 3.27. The highest BCUT2D eigenvalue weighted by Gasteiger charge is 2.11. The summed E-state index contributed by atoms with van der Waals surface area (Å²) in [6.45, 7) is 2.94. The van der Waals surface area contributed by atoms with Crippen LogP contribution in [0.2, 0.25) is 5.02 Å². The number of amides is 2. The van der Waals surface area contributed by atoms with E-state index in [9.17, 15) is 9.59 Å². The van der Waals surface area contributed by atoms with Crippen LogP contribution in [-0.2, 0) is 16.0 Å². The van der Waals surface area contributed by atoms with Crippen molar-refractivity contribution in [2.45, 2.75) is 32.6 Å². The zero-order chi connectivity index (χ0) is 22.8. The van der Waals surface area contributed by atoms with Crippen molar-refractivity contribution in [2.75, 3.05) is 18.5 Å². The summed E-state index contributed by atoms with van der Waals surface area (Å²) in [5, 5.41) is 10.2. The topological polar surface area (TPSA) is 106 Å². The van der Waals surface area contributed by atoms with Gasteiger partial charge in [0.1, 0.15) is 5.75 Å². The van der Waals surface area contributed by atoms with E-state index in [0.717, 1.165) is 11.3 Å². The molecule has 0 bridgehead atoms. The first-order valence-corrected chi connectivity index (χ1v) is 10.8. The lowest BCUT2D eigenvalue weighted by molar-refractivity contribution is -0.121. The highest BCUT2D eigenvalue weighted by molar-refractivity contribution is 6.30. The van der Waals surface area contributed by atoms with Crippen LogP contribution in [0, 0.1) is 0 Å². The predicted octanol–water partition coefficient (Wildman–Crippen LogP) is 4.26. The number of nitrogens with zero attached hydrogens (tertiary/aromatic N) is 2. The van der Waals surface area contributed by atoms with Gasteiger partial charge in [0, 0.05) is 42.1 Å². The largest absolute Gasteiger partial charge is 0.494 e. The van der Waals surface area contributed by atoms with Gasteiger partial charge in [-0.3, -0.25) is 9.59 Å². The molecular formula is C23H25ClN4O4. The minimum absolute atomic E-state index is 0.116. The molecular weight excluding hydrogens is 432 g/mol. The predicted molar refractivity (Wildman–Crippen MR) is 122 cm³/mol.